The molecule has 0 saturated carbocycles. The second-order valence-electron chi connectivity index (χ2n) is 3.12. The standard InChI is InChI=1S/C10H12N2O4/c1-3-16-11-10(13)8-5-4-7(2)9(6-8)12(14)15/h4-6H,3H2,1-2H3,(H,11,13). The zero-order valence-electron chi connectivity index (χ0n) is 9.02. The highest BCUT2D eigenvalue weighted by molar-refractivity contribution is 5.94. The molecular weight excluding hydrogens is 212 g/mol. The average molecular weight is 224 g/mol. The number of hydrogen-bond donors (Lipinski definition) is 1. The first-order valence-corrected chi connectivity index (χ1v) is 4.73. The topological polar surface area (TPSA) is 81.5 Å². The van der Waals surface area contributed by atoms with Gasteiger partial charge in [-0.3, -0.25) is 19.7 Å². The van der Waals surface area contributed by atoms with Gasteiger partial charge in [0.05, 0.1) is 11.5 Å². The molecule has 86 valence electrons. The lowest BCUT2D eigenvalue weighted by atomic mass is 10.1. The van der Waals surface area contributed by atoms with Gasteiger partial charge >= 0.3 is 0 Å². The minimum absolute atomic E-state index is 0.0795. The number of nitrogens with one attached hydrogen (secondary N) is 1. The predicted molar refractivity (Wildman–Crippen MR) is 56.9 cm³/mol. The van der Waals surface area contributed by atoms with E-state index in [4.69, 9.17) is 4.84 Å². The van der Waals surface area contributed by atoms with Gasteiger partial charge in [0, 0.05) is 17.2 Å². The summed E-state index contributed by atoms with van der Waals surface area (Å²) in [5, 5.41) is 10.7. The van der Waals surface area contributed by atoms with E-state index in [1.807, 2.05) is 0 Å². The van der Waals surface area contributed by atoms with E-state index in [1.165, 1.54) is 18.2 Å². The number of nitro benzene ring substituents is 1. The molecule has 0 bridgehead atoms. The monoisotopic (exact) mass is 224 g/mol. The number of amides is 1. The van der Waals surface area contributed by atoms with Gasteiger partial charge in [-0.05, 0) is 19.9 Å². The van der Waals surface area contributed by atoms with Gasteiger partial charge in [-0.15, -0.1) is 0 Å². The van der Waals surface area contributed by atoms with Gasteiger partial charge < -0.3 is 0 Å². The van der Waals surface area contributed by atoms with Crippen molar-refractivity contribution < 1.29 is 14.6 Å². The lowest BCUT2D eigenvalue weighted by Crippen LogP contribution is -2.23. The number of carbonyl (C=O) groups excluding carboxylic acids is 1. The quantitative estimate of drug-likeness (QED) is 0.621. The maximum Gasteiger partial charge on any atom is 0.275 e. The van der Waals surface area contributed by atoms with Crippen LogP contribution < -0.4 is 5.48 Å². The van der Waals surface area contributed by atoms with Gasteiger partial charge in [-0.2, -0.15) is 0 Å². The Balaban J connectivity index is 2.94. The first-order valence-electron chi connectivity index (χ1n) is 4.73. The summed E-state index contributed by atoms with van der Waals surface area (Å²) in [4.78, 5) is 26.3. The summed E-state index contributed by atoms with van der Waals surface area (Å²) in [6.07, 6.45) is 0. The van der Waals surface area contributed by atoms with Crippen LogP contribution >= 0.6 is 0 Å². The summed E-state index contributed by atoms with van der Waals surface area (Å²) in [7, 11) is 0. The van der Waals surface area contributed by atoms with E-state index in [0.717, 1.165) is 0 Å². The smallest absolute Gasteiger partial charge is 0.274 e. The van der Waals surface area contributed by atoms with E-state index >= 15 is 0 Å². The fourth-order valence-corrected chi connectivity index (χ4v) is 1.14. The highest BCUT2D eigenvalue weighted by atomic mass is 16.6. The maximum atomic E-state index is 11.4. The third-order valence-corrected chi connectivity index (χ3v) is 1.98. The molecule has 0 aromatic heterocycles. The Morgan fingerprint density at radius 3 is 2.81 bits per heavy atom. The van der Waals surface area contributed by atoms with E-state index in [-0.39, 0.29) is 11.3 Å². The normalized spacial score (nSPS) is 9.88. The summed E-state index contributed by atoms with van der Waals surface area (Å²) in [6, 6.07) is 4.26. The zero-order valence-corrected chi connectivity index (χ0v) is 9.02. The van der Waals surface area contributed by atoms with Crippen molar-refractivity contribution in [3.63, 3.8) is 0 Å². The van der Waals surface area contributed by atoms with Crippen LogP contribution in [0.5, 0.6) is 0 Å². The van der Waals surface area contributed by atoms with Gasteiger partial charge in [-0.1, -0.05) is 6.07 Å². The molecule has 1 amide bonds. The molecule has 0 heterocycles. The molecule has 16 heavy (non-hydrogen) atoms. The second kappa shape index (κ2) is 5.22. The highest BCUT2D eigenvalue weighted by Gasteiger charge is 2.14. The minimum Gasteiger partial charge on any atom is -0.274 e. The molecule has 0 spiro atoms. The molecule has 0 saturated heterocycles. The van der Waals surface area contributed by atoms with Crippen molar-refractivity contribution in [3.05, 3.63) is 39.4 Å². The molecule has 1 aromatic rings. The molecule has 0 aliphatic heterocycles. The molecule has 0 aliphatic carbocycles. The van der Waals surface area contributed by atoms with Crippen LogP contribution in [0, 0.1) is 17.0 Å². The van der Waals surface area contributed by atoms with Crippen LogP contribution in [0.15, 0.2) is 18.2 Å². The molecule has 1 N–H and O–H groups in total. The van der Waals surface area contributed by atoms with Crippen molar-refractivity contribution in [1.29, 1.82) is 0 Å². The number of hydroxylamine groups is 1. The largest absolute Gasteiger partial charge is 0.275 e. The summed E-state index contributed by atoms with van der Waals surface area (Å²) in [5.41, 5.74) is 2.80. The molecule has 0 radical (unpaired) electrons. The van der Waals surface area contributed by atoms with Gasteiger partial charge in [0.25, 0.3) is 11.6 Å². The number of carbonyl (C=O) groups is 1. The maximum absolute atomic E-state index is 11.4. The molecule has 0 aliphatic rings. The molecule has 6 nitrogen and oxygen atoms in total. The average Bonchev–Trinajstić information content (AvgIpc) is 2.26. The van der Waals surface area contributed by atoms with Crippen molar-refractivity contribution in [2.75, 3.05) is 6.61 Å². The SMILES string of the molecule is CCONC(=O)c1ccc(C)c([N+](=O)[O-])c1. The van der Waals surface area contributed by atoms with Crippen molar-refractivity contribution in [2.45, 2.75) is 13.8 Å². The van der Waals surface area contributed by atoms with E-state index in [0.29, 0.717) is 12.2 Å². The number of benzene rings is 1. The Hall–Kier alpha value is -1.95. The van der Waals surface area contributed by atoms with Crippen molar-refractivity contribution >= 4 is 11.6 Å². The third kappa shape index (κ3) is 2.77. The van der Waals surface area contributed by atoms with E-state index in [2.05, 4.69) is 5.48 Å². The Morgan fingerprint density at radius 1 is 1.56 bits per heavy atom. The zero-order chi connectivity index (χ0) is 12.1. The third-order valence-electron chi connectivity index (χ3n) is 1.98. The van der Waals surface area contributed by atoms with Gasteiger partial charge in [-0.25, -0.2) is 5.48 Å². The fraction of sp³-hybridized carbons (Fsp3) is 0.300. The van der Waals surface area contributed by atoms with Crippen LogP contribution in [-0.4, -0.2) is 17.4 Å². The van der Waals surface area contributed by atoms with Crippen LogP contribution in [0.3, 0.4) is 0 Å². The first kappa shape index (κ1) is 12.1. The molecule has 1 rings (SSSR count). The highest BCUT2D eigenvalue weighted by Crippen LogP contribution is 2.19. The summed E-state index contributed by atoms with van der Waals surface area (Å²) in [6.45, 7) is 3.67. The molecule has 0 atom stereocenters. The number of nitrogens with zero attached hydrogens (tertiary/aromatic N) is 1. The lowest BCUT2D eigenvalue weighted by molar-refractivity contribution is -0.385. The molecule has 6 heteroatoms. The van der Waals surface area contributed by atoms with Crippen LogP contribution in [0.2, 0.25) is 0 Å². The molecule has 1 aromatic carbocycles. The van der Waals surface area contributed by atoms with Crippen LogP contribution in [0.4, 0.5) is 5.69 Å². The van der Waals surface area contributed by atoms with Gasteiger partial charge in [0.15, 0.2) is 0 Å². The number of aryl methyl sites for hydroxylation is 1. The van der Waals surface area contributed by atoms with Crippen molar-refractivity contribution in [3.8, 4) is 0 Å². The Bertz CT molecular complexity index is 417. The first-order chi connectivity index (χ1) is 7.56. The Morgan fingerprint density at radius 2 is 2.25 bits per heavy atom. The lowest BCUT2D eigenvalue weighted by Gasteiger charge is -2.04. The van der Waals surface area contributed by atoms with E-state index in [1.54, 1.807) is 13.8 Å². The van der Waals surface area contributed by atoms with Crippen molar-refractivity contribution in [1.82, 2.24) is 5.48 Å². The summed E-state index contributed by atoms with van der Waals surface area (Å²) in [5.74, 6) is -0.495. The van der Waals surface area contributed by atoms with E-state index < -0.39 is 10.8 Å². The minimum atomic E-state index is -0.521. The molecule has 0 fully saturated rings. The van der Waals surface area contributed by atoms with Gasteiger partial charge in [0.1, 0.15) is 0 Å². The second-order valence-corrected chi connectivity index (χ2v) is 3.12. The fourth-order valence-electron chi connectivity index (χ4n) is 1.14. The molecular formula is C10H12N2O4. The molecule has 0 unspecified atom stereocenters. The van der Waals surface area contributed by atoms with Gasteiger partial charge in [0.2, 0.25) is 0 Å². The summed E-state index contributed by atoms with van der Waals surface area (Å²) < 4.78 is 0. The Kier molecular flexibility index (Phi) is 3.96. The number of rotatable bonds is 4. The summed E-state index contributed by atoms with van der Waals surface area (Å²) >= 11 is 0. The number of hydrogen-bond acceptors (Lipinski definition) is 4. The Labute approximate surface area is 92.3 Å². The van der Waals surface area contributed by atoms with Crippen LogP contribution in [-0.2, 0) is 4.84 Å². The predicted octanol–water partition coefficient (Wildman–Crippen LogP) is 1.58. The van der Waals surface area contributed by atoms with Crippen LogP contribution in [0.1, 0.15) is 22.8 Å². The number of nitro groups is 1. The van der Waals surface area contributed by atoms with Crippen molar-refractivity contribution in [2.24, 2.45) is 0 Å². The van der Waals surface area contributed by atoms with E-state index in [9.17, 15) is 14.9 Å². The van der Waals surface area contributed by atoms with Crippen LogP contribution in [0.25, 0.3) is 0 Å².